The van der Waals surface area contributed by atoms with Gasteiger partial charge in [-0.15, -0.1) is 0 Å². The van der Waals surface area contributed by atoms with Crippen LogP contribution in [0.1, 0.15) is 39.5 Å². The molecule has 18 heavy (non-hydrogen) atoms. The van der Waals surface area contributed by atoms with E-state index in [0.717, 1.165) is 19.3 Å². The second-order valence-corrected chi connectivity index (χ2v) is 4.48. The highest BCUT2D eigenvalue weighted by Crippen LogP contribution is 2.17. The number of carbonyl (C=O) groups is 1. The largest absolute Gasteiger partial charge is 0.371 e. The molecule has 0 spiro atoms. The molecule has 0 bridgehead atoms. The van der Waals surface area contributed by atoms with E-state index in [9.17, 15) is 9.90 Å². The zero-order chi connectivity index (χ0) is 14.0. The van der Waals surface area contributed by atoms with Gasteiger partial charge >= 0.3 is 0 Å². The van der Waals surface area contributed by atoms with Crippen LogP contribution in [0.15, 0.2) is 24.8 Å². The second-order valence-electron chi connectivity index (χ2n) is 4.48. The summed E-state index contributed by atoms with van der Waals surface area (Å²) in [5.41, 5.74) is 4.27. The molecule has 3 N–H and O–H groups in total. The first-order valence-electron chi connectivity index (χ1n) is 6.50. The number of unbranched alkanes of at least 4 members (excludes halogenated alkanes) is 2. The van der Waals surface area contributed by atoms with Crippen LogP contribution in [-0.2, 0) is 4.79 Å². The molecule has 1 amide bonds. The van der Waals surface area contributed by atoms with Crippen molar-refractivity contribution in [1.29, 1.82) is 0 Å². The van der Waals surface area contributed by atoms with Crippen LogP contribution in [0.5, 0.6) is 0 Å². The van der Waals surface area contributed by atoms with E-state index < -0.39 is 5.72 Å². The highest BCUT2D eigenvalue weighted by atomic mass is 16.3. The van der Waals surface area contributed by atoms with Gasteiger partial charge in [0.25, 0.3) is 0 Å². The van der Waals surface area contributed by atoms with Gasteiger partial charge in [-0.25, -0.2) is 0 Å². The quantitative estimate of drug-likeness (QED) is 0.374. The smallest absolute Gasteiger partial charge is 0.238 e. The predicted octanol–water partition coefficient (Wildman–Crippen LogP) is 1.80. The van der Waals surface area contributed by atoms with Crippen molar-refractivity contribution in [3.63, 3.8) is 0 Å². The molecule has 0 fully saturated rings. The van der Waals surface area contributed by atoms with E-state index >= 15 is 0 Å². The van der Waals surface area contributed by atoms with Crippen molar-refractivity contribution in [1.82, 2.24) is 4.90 Å². The minimum atomic E-state index is -1.10. The van der Waals surface area contributed by atoms with Gasteiger partial charge in [-0.05, 0) is 32.6 Å². The predicted molar refractivity (Wildman–Crippen MR) is 74.9 cm³/mol. The van der Waals surface area contributed by atoms with Gasteiger partial charge in [0.1, 0.15) is 5.72 Å². The Morgan fingerprint density at radius 1 is 1.50 bits per heavy atom. The minimum Gasteiger partial charge on any atom is -0.371 e. The zero-order valence-electron chi connectivity index (χ0n) is 11.6. The van der Waals surface area contributed by atoms with E-state index in [4.69, 9.17) is 5.73 Å². The van der Waals surface area contributed by atoms with Crippen molar-refractivity contribution in [2.45, 2.75) is 45.3 Å². The minimum absolute atomic E-state index is 0.0630. The molecule has 0 aromatic rings. The third-order valence-corrected chi connectivity index (χ3v) is 3.00. The molecule has 0 aliphatic carbocycles. The lowest BCUT2D eigenvalue weighted by Crippen LogP contribution is -2.51. The highest BCUT2D eigenvalue weighted by Gasteiger charge is 2.29. The summed E-state index contributed by atoms with van der Waals surface area (Å²) >= 11 is 0. The monoisotopic (exact) mass is 254 g/mol. The Labute approximate surface area is 110 Å². The Hall–Kier alpha value is -1.13. The lowest BCUT2D eigenvalue weighted by Gasteiger charge is -2.36. The molecule has 0 aliphatic rings. The summed E-state index contributed by atoms with van der Waals surface area (Å²) in [5.74, 6) is -0.205. The van der Waals surface area contributed by atoms with Crippen LogP contribution >= 0.6 is 0 Å². The molecular formula is C14H26N2O2. The van der Waals surface area contributed by atoms with Crippen LogP contribution in [0.3, 0.4) is 0 Å². The number of rotatable bonds is 9. The van der Waals surface area contributed by atoms with E-state index in [1.54, 1.807) is 13.0 Å². The van der Waals surface area contributed by atoms with Gasteiger partial charge in [-0.1, -0.05) is 31.7 Å². The number of aliphatic hydroxyl groups is 1. The molecule has 4 nitrogen and oxygen atoms in total. The maximum absolute atomic E-state index is 11.7. The van der Waals surface area contributed by atoms with Crippen LogP contribution in [0.2, 0.25) is 0 Å². The molecule has 0 rings (SSSR count). The zero-order valence-corrected chi connectivity index (χ0v) is 11.6. The summed E-state index contributed by atoms with van der Waals surface area (Å²) in [6, 6.07) is 0. The second kappa shape index (κ2) is 8.89. The number of nitrogens with zero attached hydrogens (tertiary/aromatic N) is 1. The third-order valence-electron chi connectivity index (χ3n) is 3.00. The van der Waals surface area contributed by atoms with Gasteiger partial charge in [-0.3, -0.25) is 4.79 Å². The molecule has 0 radical (unpaired) electrons. The molecule has 0 aromatic heterocycles. The van der Waals surface area contributed by atoms with E-state index in [1.807, 2.05) is 19.1 Å². The first-order chi connectivity index (χ1) is 8.49. The molecule has 0 saturated carbocycles. The van der Waals surface area contributed by atoms with Crippen LogP contribution in [0.25, 0.3) is 0 Å². The summed E-state index contributed by atoms with van der Waals surface area (Å²) in [5, 5.41) is 10.1. The van der Waals surface area contributed by atoms with E-state index in [0.29, 0.717) is 13.0 Å². The molecule has 0 heterocycles. The molecular weight excluding hydrogens is 228 g/mol. The van der Waals surface area contributed by atoms with Crippen molar-refractivity contribution in [3.8, 4) is 0 Å². The van der Waals surface area contributed by atoms with E-state index in [-0.39, 0.29) is 12.5 Å². The number of amides is 1. The van der Waals surface area contributed by atoms with Crippen molar-refractivity contribution in [2.75, 3.05) is 13.1 Å². The lowest BCUT2D eigenvalue weighted by atomic mass is 10.1. The van der Waals surface area contributed by atoms with Gasteiger partial charge in [0.15, 0.2) is 0 Å². The molecule has 1 unspecified atom stereocenters. The molecule has 0 aromatic carbocycles. The van der Waals surface area contributed by atoms with Gasteiger partial charge < -0.3 is 15.7 Å². The molecule has 104 valence electrons. The Kier molecular flexibility index (Phi) is 8.33. The number of allylic oxidation sites excluding steroid dienone is 3. The van der Waals surface area contributed by atoms with Crippen LogP contribution in [0, 0.1) is 0 Å². The average Bonchev–Trinajstić information content (AvgIpc) is 2.36. The normalized spacial score (nSPS) is 14.4. The maximum atomic E-state index is 11.7. The first-order valence-corrected chi connectivity index (χ1v) is 6.50. The van der Waals surface area contributed by atoms with Crippen LogP contribution < -0.4 is 5.73 Å². The lowest BCUT2D eigenvalue weighted by molar-refractivity contribution is -0.155. The fourth-order valence-electron chi connectivity index (χ4n) is 1.66. The SMILES string of the molecule is C=C/C=C\CCCCN(C(=O)CN)C(C)(O)CC. The van der Waals surface area contributed by atoms with Gasteiger partial charge in [0.2, 0.25) is 5.91 Å². The number of hydrogen-bond donors (Lipinski definition) is 2. The Bertz CT molecular complexity index is 286. The number of carbonyl (C=O) groups excluding carboxylic acids is 1. The Balaban J connectivity index is 4.23. The summed E-state index contributed by atoms with van der Waals surface area (Å²) in [6.45, 7) is 7.58. The fourth-order valence-corrected chi connectivity index (χ4v) is 1.66. The van der Waals surface area contributed by atoms with Crippen LogP contribution in [0.4, 0.5) is 0 Å². The van der Waals surface area contributed by atoms with E-state index in [2.05, 4.69) is 6.58 Å². The summed E-state index contributed by atoms with van der Waals surface area (Å²) in [4.78, 5) is 13.2. The topological polar surface area (TPSA) is 66.6 Å². The molecule has 1 atom stereocenters. The average molecular weight is 254 g/mol. The van der Waals surface area contributed by atoms with Crippen molar-refractivity contribution in [2.24, 2.45) is 5.73 Å². The van der Waals surface area contributed by atoms with Gasteiger partial charge in [-0.2, -0.15) is 0 Å². The van der Waals surface area contributed by atoms with E-state index in [1.165, 1.54) is 4.90 Å². The highest BCUT2D eigenvalue weighted by molar-refractivity contribution is 5.78. The summed E-state index contributed by atoms with van der Waals surface area (Å²) in [6.07, 6.45) is 8.96. The number of hydrogen-bond acceptors (Lipinski definition) is 3. The maximum Gasteiger partial charge on any atom is 0.238 e. The first kappa shape index (κ1) is 16.9. The molecule has 0 saturated heterocycles. The molecule has 0 aliphatic heterocycles. The summed E-state index contributed by atoms with van der Waals surface area (Å²) in [7, 11) is 0. The molecule has 4 heteroatoms. The summed E-state index contributed by atoms with van der Waals surface area (Å²) < 4.78 is 0. The van der Waals surface area contributed by atoms with Gasteiger partial charge in [0.05, 0.1) is 6.54 Å². The Morgan fingerprint density at radius 2 is 2.17 bits per heavy atom. The van der Waals surface area contributed by atoms with Crippen LogP contribution in [-0.4, -0.2) is 34.7 Å². The Morgan fingerprint density at radius 3 is 2.67 bits per heavy atom. The third kappa shape index (κ3) is 5.98. The fraction of sp³-hybridized carbons (Fsp3) is 0.643. The number of nitrogens with two attached hydrogens (primary N) is 1. The standard InChI is InChI=1S/C14H26N2O2/c1-4-6-7-8-9-10-11-16(13(17)12-15)14(3,18)5-2/h4,6-7,18H,1,5,8-12,15H2,2-3H3/b7-6-. The van der Waals surface area contributed by atoms with Crippen molar-refractivity contribution in [3.05, 3.63) is 24.8 Å². The van der Waals surface area contributed by atoms with Crippen molar-refractivity contribution >= 4 is 5.91 Å². The van der Waals surface area contributed by atoms with Crippen molar-refractivity contribution < 1.29 is 9.90 Å². The van der Waals surface area contributed by atoms with Gasteiger partial charge in [0, 0.05) is 6.54 Å².